The molecule has 3 N–H and O–H groups in total. The van der Waals surface area contributed by atoms with Gasteiger partial charge in [0.05, 0.1) is 17.9 Å². The number of carbonyl (C=O) groups excluding carboxylic acids is 2. The van der Waals surface area contributed by atoms with Crippen molar-refractivity contribution in [2.75, 3.05) is 17.6 Å². The highest BCUT2D eigenvalue weighted by Gasteiger charge is 2.32. The first kappa shape index (κ1) is 18.8. The number of nitrogens with zero attached hydrogens (tertiary/aromatic N) is 2. The maximum absolute atomic E-state index is 13.6. The number of pyridine rings is 1. The number of rotatable bonds is 2. The van der Waals surface area contributed by atoms with E-state index in [0.717, 1.165) is 18.9 Å². The second-order valence-electron chi connectivity index (χ2n) is 6.59. The van der Waals surface area contributed by atoms with Gasteiger partial charge in [0.2, 0.25) is 0 Å². The van der Waals surface area contributed by atoms with Crippen LogP contribution in [0.4, 0.5) is 20.3 Å². The Balaban J connectivity index is 1.80. The highest BCUT2D eigenvalue weighted by atomic mass is 19.1. The van der Waals surface area contributed by atoms with E-state index in [1.807, 2.05) is 0 Å². The van der Waals surface area contributed by atoms with Gasteiger partial charge in [0.15, 0.2) is 0 Å². The molecule has 1 aliphatic rings. The number of hydrogen-bond acceptors (Lipinski definition) is 4. The zero-order chi connectivity index (χ0) is 19.6. The van der Waals surface area contributed by atoms with Crippen molar-refractivity contribution in [1.29, 1.82) is 0 Å². The number of anilines is 2. The third kappa shape index (κ3) is 4.21. The van der Waals surface area contributed by atoms with E-state index in [2.05, 4.69) is 10.3 Å². The minimum Gasteiger partial charge on any atom is -0.383 e. The number of benzene rings is 1. The summed E-state index contributed by atoms with van der Waals surface area (Å²) in [6.07, 6.45) is 3.42. The topological polar surface area (TPSA) is 88.3 Å². The minimum absolute atomic E-state index is 0.337. The zero-order valence-corrected chi connectivity index (χ0v) is 14.8. The molecule has 1 saturated heterocycles. The maximum Gasteiger partial charge on any atom is 0.313 e. The number of hydrogen-bond donors (Lipinski definition) is 2. The summed E-state index contributed by atoms with van der Waals surface area (Å²) in [7, 11) is 0. The summed E-state index contributed by atoms with van der Waals surface area (Å²) in [6.45, 7) is 2.08. The summed E-state index contributed by atoms with van der Waals surface area (Å²) in [6, 6.07) is 4.24. The molecule has 8 heteroatoms. The Morgan fingerprint density at radius 1 is 1.19 bits per heavy atom. The van der Waals surface area contributed by atoms with Crippen LogP contribution in [0.25, 0.3) is 0 Å². The third-order valence-corrected chi connectivity index (χ3v) is 4.60. The van der Waals surface area contributed by atoms with Crippen LogP contribution in [0.5, 0.6) is 0 Å². The fourth-order valence-corrected chi connectivity index (χ4v) is 3.26. The fourth-order valence-electron chi connectivity index (χ4n) is 3.26. The van der Waals surface area contributed by atoms with Crippen molar-refractivity contribution in [3.05, 3.63) is 53.2 Å². The number of likely N-dealkylation sites (tertiary alicyclic amines) is 1. The zero-order valence-electron chi connectivity index (χ0n) is 14.8. The molecule has 1 aromatic carbocycles. The number of carbonyl (C=O) groups is 2. The van der Waals surface area contributed by atoms with E-state index in [4.69, 9.17) is 5.73 Å². The third-order valence-electron chi connectivity index (χ3n) is 4.60. The van der Waals surface area contributed by atoms with Crippen molar-refractivity contribution < 1.29 is 18.4 Å². The Morgan fingerprint density at radius 2 is 1.89 bits per heavy atom. The number of nitrogens with two attached hydrogens (primary N) is 1. The standard InChI is InChI=1S/C19H20F2N4O2/c1-11-6-15(10-23-17(11)22)24-18(26)19(27)25-5-3-2-4-16(25)12-7-13(20)9-14(21)8-12/h6-10,16H,2-5H2,1H3,(H2,22,23)(H,24,26)/t16-/m0/s1. The van der Waals surface area contributed by atoms with Crippen LogP contribution >= 0.6 is 0 Å². The first-order valence-corrected chi connectivity index (χ1v) is 8.65. The second kappa shape index (κ2) is 7.69. The molecule has 1 aliphatic heterocycles. The van der Waals surface area contributed by atoms with Gasteiger partial charge < -0.3 is 16.0 Å². The van der Waals surface area contributed by atoms with Crippen molar-refractivity contribution in [2.24, 2.45) is 0 Å². The first-order valence-electron chi connectivity index (χ1n) is 8.65. The molecular formula is C19H20F2N4O2. The van der Waals surface area contributed by atoms with Gasteiger partial charge in [-0.25, -0.2) is 13.8 Å². The van der Waals surface area contributed by atoms with Gasteiger partial charge in [0.25, 0.3) is 0 Å². The summed E-state index contributed by atoms with van der Waals surface area (Å²) < 4.78 is 27.2. The molecule has 3 rings (SSSR count). The van der Waals surface area contributed by atoms with Crippen LogP contribution in [0, 0.1) is 18.6 Å². The number of nitrogens with one attached hydrogen (secondary N) is 1. The van der Waals surface area contributed by atoms with Crippen molar-refractivity contribution in [3.8, 4) is 0 Å². The van der Waals surface area contributed by atoms with E-state index >= 15 is 0 Å². The van der Waals surface area contributed by atoms with Crippen LogP contribution in [0.3, 0.4) is 0 Å². The summed E-state index contributed by atoms with van der Waals surface area (Å²) >= 11 is 0. The van der Waals surface area contributed by atoms with Gasteiger partial charge in [-0.05, 0) is 55.5 Å². The molecular weight excluding hydrogens is 354 g/mol. The normalized spacial score (nSPS) is 16.9. The number of halogens is 2. The SMILES string of the molecule is Cc1cc(NC(=O)C(=O)N2CCCC[C@H]2c2cc(F)cc(F)c2)cnc1N. The van der Waals surface area contributed by atoms with Crippen LogP contribution in [0.1, 0.15) is 36.4 Å². The van der Waals surface area contributed by atoms with Gasteiger partial charge in [-0.3, -0.25) is 9.59 Å². The lowest BCUT2D eigenvalue weighted by molar-refractivity contribution is -0.145. The second-order valence-corrected chi connectivity index (χ2v) is 6.59. The molecule has 2 amide bonds. The molecule has 1 atom stereocenters. The maximum atomic E-state index is 13.6. The van der Waals surface area contributed by atoms with Gasteiger partial charge in [-0.2, -0.15) is 0 Å². The molecule has 27 heavy (non-hydrogen) atoms. The van der Waals surface area contributed by atoms with Gasteiger partial charge in [-0.1, -0.05) is 0 Å². The molecule has 1 aromatic heterocycles. The summed E-state index contributed by atoms with van der Waals surface area (Å²) in [5.41, 5.74) is 7.01. The molecule has 142 valence electrons. The average Bonchev–Trinajstić information content (AvgIpc) is 2.63. The van der Waals surface area contributed by atoms with Crippen molar-refractivity contribution in [1.82, 2.24) is 9.88 Å². The molecule has 2 aromatic rings. The molecule has 0 saturated carbocycles. The number of aromatic nitrogens is 1. The molecule has 2 heterocycles. The van der Waals surface area contributed by atoms with E-state index < -0.39 is 29.5 Å². The predicted octanol–water partition coefficient (Wildman–Crippen LogP) is 2.94. The van der Waals surface area contributed by atoms with Crippen LogP contribution in [0.2, 0.25) is 0 Å². The van der Waals surface area contributed by atoms with Crippen molar-refractivity contribution in [3.63, 3.8) is 0 Å². The Hall–Kier alpha value is -3.03. The molecule has 0 unspecified atom stereocenters. The lowest BCUT2D eigenvalue weighted by atomic mass is 9.95. The fraction of sp³-hybridized carbons (Fsp3) is 0.316. The predicted molar refractivity (Wildman–Crippen MR) is 96.7 cm³/mol. The van der Waals surface area contributed by atoms with Gasteiger partial charge in [-0.15, -0.1) is 0 Å². The summed E-state index contributed by atoms with van der Waals surface area (Å²) in [5, 5.41) is 2.51. The Morgan fingerprint density at radius 3 is 2.56 bits per heavy atom. The Bertz CT molecular complexity index is 868. The van der Waals surface area contributed by atoms with Crippen LogP contribution in [0.15, 0.2) is 30.5 Å². The number of nitrogen functional groups attached to an aromatic ring is 1. The Kier molecular flexibility index (Phi) is 5.34. The molecule has 1 fully saturated rings. The highest BCUT2D eigenvalue weighted by molar-refractivity contribution is 6.39. The molecule has 6 nitrogen and oxygen atoms in total. The van der Waals surface area contributed by atoms with Crippen molar-refractivity contribution >= 4 is 23.3 Å². The van der Waals surface area contributed by atoms with E-state index in [1.165, 1.54) is 23.2 Å². The van der Waals surface area contributed by atoms with E-state index in [-0.39, 0.29) is 0 Å². The lowest BCUT2D eigenvalue weighted by Crippen LogP contribution is -2.44. The smallest absolute Gasteiger partial charge is 0.313 e. The summed E-state index contributed by atoms with van der Waals surface area (Å²) in [5.74, 6) is -2.67. The molecule has 0 bridgehead atoms. The minimum atomic E-state index is -0.829. The van der Waals surface area contributed by atoms with E-state index in [0.29, 0.717) is 35.6 Å². The molecule has 0 radical (unpaired) electrons. The van der Waals surface area contributed by atoms with E-state index in [1.54, 1.807) is 13.0 Å². The number of piperidine rings is 1. The molecule has 0 aliphatic carbocycles. The number of amides is 2. The van der Waals surface area contributed by atoms with Crippen LogP contribution in [-0.2, 0) is 9.59 Å². The largest absolute Gasteiger partial charge is 0.383 e. The molecule has 0 spiro atoms. The van der Waals surface area contributed by atoms with Gasteiger partial charge in [0, 0.05) is 12.6 Å². The highest BCUT2D eigenvalue weighted by Crippen LogP contribution is 2.32. The van der Waals surface area contributed by atoms with Crippen molar-refractivity contribution in [2.45, 2.75) is 32.2 Å². The summed E-state index contributed by atoms with van der Waals surface area (Å²) in [4.78, 5) is 30.4. The Labute approximate surface area is 155 Å². The van der Waals surface area contributed by atoms with Crippen LogP contribution in [-0.4, -0.2) is 28.2 Å². The quantitative estimate of drug-likeness (QED) is 0.791. The van der Waals surface area contributed by atoms with Crippen LogP contribution < -0.4 is 11.1 Å². The first-order chi connectivity index (χ1) is 12.8. The number of aryl methyl sites for hydroxylation is 1. The van der Waals surface area contributed by atoms with Gasteiger partial charge in [0.1, 0.15) is 17.5 Å². The van der Waals surface area contributed by atoms with E-state index in [9.17, 15) is 18.4 Å². The lowest BCUT2D eigenvalue weighted by Gasteiger charge is -2.35. The average molecular weight is 374 g/mol. The van der Waals surface area contributed by atoms with Gasteiger partial charge >= 0.3 is 11.8 Å². The monoisotopic (exact) mass is 374 g/mol.